The molecule has 0 atom stereocenters. The van der Waals surface area contributed by atoms with Gasteiger partial charge in [0.2, 0.25) is 0 Å². The third kappa shape index (κ3) is 6.94. The first-order chi connectivity index (χ1) is 18.6. The molecular weight excluding hydrogens is 482 g/mol. The Morgan fingerprint density at radius 2 is 1.59 bits per heavy atom. The Morgan fingerprint density at radius 3 is 2.18 bits per heavy atom. The zero-order valence-corrected chi connectivity index (χ0v) is 24.3. The van der Waals surface area contributed by atoms with Crippen molar-refractivity contribution in [1.82, 2.24) is 14.8 Å². The molecule has 2 aromatic carbocycles. The van der Waals surface area contributed by atoms with Crippen LogP contribution in [0.4, 0.5) is 16.2 Å². The maximum atomic E-state index is 14.0. The summed E-state index contributed by atoms with van der Waals surface area (Å²) in [6.07, 6.45) is 5.65. The maximum absolute atomic E-state index is 14.0. The number of para-hydroxylation sites is 1. The van der Waals surface area contributed by atoms with Crippen molar-refractivity contribution >= 4 is 17.4 Å². The molecule has 204 valence electrons. The van der Waals surface area contributed by atoms with Gasteiger partial charge in [-0.25, -0.2) is 4.79 Å². The number of hydrogen-bond acceptors (Lipinski definition) is 3. The molecule has 0 bridgehead atoms. The quantitative estimate of drug-likeness (QED) is 0.240. The molecule has 39 heavy (non-hydrogen) atoms. The van der Waals surface area contributed by atoms with E-state index in [4.69, 9.17) is 0 Å². The second-order valence-electron chi connectivity index (χ2n) is 11.3. The number of hydrogen-bond donors (Lipinski definition) is 1. The van der Waals surface area contributed by atoms with Crippen molar-refractivity contribution in [2.75, 3.05) is 10.2 Å². The molecule has 0 aliphatic heterocycles. The lowest BCUT2D eigenvalue weighted by Gasteiger charge is -2.26. The first kappa shape index (κ1) is 28.1. The van der Waals surface area contributed by atoms with Crippen molar-refractivity contribution in [3.05, 3.63) is 107 Å². The molecule has 0 radical (unpaired) electrons. The van der Waals surface area contributed by atoms with Gasteiger partial charge in [0, 0.05) is 29.3 Å². The van der Waals surface area contributed by atoms with Crippen LogP contribution in [0.25, 0.3) is 0 Å². The zero-order chi connectivity index (χ0) is 28.1. The average molecular weight is 524 g/mol. The third-order valence-electron chi connectivity index (χ3n) is 7.04. The molecule has 0 fully saturated rings. The van der Waals surface area contributed by atoms with Crippen LogP contribution in [0.1, 0.15) is 92.8 Å². The SMILES string of the molecule is Cc1ccnc(Cn2cc(CN(C(=O)Nc3c(C(C)C)cccc3C(C)C)c3ccc(C(C)C)cc3)cn2)c1. The predicted molar refractivity (Wildman–Crippen MR) is 161 cm³/mol. The molecule has 2 aromatic heterocycles. The lowest BCUT2D eigenvalue weighted by molar-refractivity contribution is 0.256. The number of nitrogens with zero attached hydrogens (tertiary/aromatic N) is 4. The third-order valence-corrected chi connectivity index (χ3v) is 7.04. The highest BCUT2D eigenvalue weighted by molar-refractivity contribution is 6.02. The molecule has 2 heterocycles. The Labute approximate surface area is 233 Å². The normalized spacial score (nSPS) is 11.4. The van der Waals surface area contributed by atoms with Crippen molar-refractivity contribution in [3.63, 3.8) is 0 Å². The van der Waals surface area contributed by atoms with Crippen LogP contribution in [0.15, 0.2) is 73.2 Å². The van der Waals surface area contributed by atoms with Crippen molar-refractivity contribution in [2.45, 2.75) is 79.3 Å². The molecule has 4 rings (SSSR count). The molecular formula is C33H41N5O. The van der Waals surface area contributed by atoms with Gasteiger partial charge in [0.05, 0.1) is 25.0 Å². The minimum absolute atomic E-state index is 0.157. The average Bonchev–Trinajstić information content (AvgIpc) is 3.33. The van der Waals surface area contributed by atoms with Crippen molar-refractivity contribution in [2.24, 2.45) is 0 Å². The Hall–Kier alpha value is -3.93. The van der Waals surface area contributed by atoms with Crippen LogP contribution >= 0.6 is 0 Å². The van der Waals surface area contributed by atoms with Gasteiger partial charge in [-0.2, -0.15) is 5.10 Å². The number of benzene rings is 2. The Morgan fingerprint density at radius 1 is 0.923 bits per heavy atom. The van der Waals surface area contributed by atoms with Crippen LogP contribution in [0.5, 0.6) is 0 Å². The van der Waals surface area contributed by atoms with Gasteiger partial charge in [-0.3, -0.25) is 14.6 Å². The summed E-state index contributed by atoms with van der Waals surface area (Å²) in [6.45, 7) is 16.0. The van der Waals surface area contributed by atoms with Crippen LogP contribution < -0.4 is 10.2 Å². The highest BCUT2D eigenvalue weighted by Gasteiger charge is 2.22. The van der Waals surface area contributed by atoms with Crippen molar-refractivity contribution < 1.29 is 4.79 Å². The molecule has 6 nitrogen and oxygen atoms in total. The van der Waals surface area contributed by atoms with E-state index in [-0.39, 0.29) is 17.9 Å². The van der Waals surface area contributed by atoms with Crippen LogP contribution in [0.3, 0.4) is 0 Å². The number of carbonyl (C=O) groups is 1. The van der Waals surface area contributed by atoms with E-state index in [1.54, 1.807) is 4.90 Å². The molecule has 0 aliphatic rings. The lowest BCUT2D eigenvalue weighted by atomic mass is 9.93. The maximum Gasteiger partial charge on any atom is 0.326 e. The van der Waals surface area contributed by atoms with Gasteiger partial charge in [0.1, 0.15) is 0 Å². The van der Waals surface area contributed by atoms with Crippen LogP contribution in [-0.2, 0) is 13.1 Å². The predicted octanol–water partition coefficient (Wildman–Crippen LogP) is 8.24. The largest absolute Gasteiger partial charge is 0.326 e. The summed E-state index contributed by atoms with van der Waals surface area (Å²) in [6, 6.07) is 18.5. The van der Waals surface area contributed by atoms with Gasteiger partial charge >= 0.3 is 6.03 Å². The summed E-state index contributed by atoms with van der Waals surface area (Å²) in [7, 11) is 0. The first-order valence-corrected chi connectivity index (χ1v) is 13.9. The fourth-order valence-electron chi connectivity index (χ4n) is 4.80. The van der Waals surface area contributed by atoms with Crippen LogP contribution in [-0.4, -0.2) is 20.8 Å². The number of aryl methyl sites for hydroxylation is 1. The van der Waals surface area contributed by atoms with Gasteiger partial charge < -0.3 is 5.32 Å². The van der Waals surface area contributed by atoms with Crippen molar-refractivity contribution in [1.29, 1.82) is 0 Å². The molecule has 0 spiro atoms. The van der Waals surface area contributed by atoms with E-state index in [1.807, 2.05) is 41.5 Å². The second-order valence-corrected chi connectivity index (χ2v) is 11.3. The number of carbonyl (C=O) groups excluding carboxylic acids is 1. The van der Waals surface area contributed by atoms with E-state index in [9.17, 15) is 4.79 Å². The Kier molecular flexibility index (Phi) is 8.85. The van der Waals surface area contributed by atoms with Gasteiger partial charge in [0.15, 0.2) is 0 Å². The summed E-state index contributed by atoms with van der Waals surface area (Å²) < 4.78 is 1.87. The van der Waals surface area contributed by atoms with Crippen LogP contribution in [0, 0.1) is 6.92 Å². The van der Waals surface area contributed by atoms with E-state index in [2.05, 4.69) is 100 Å². The lowest BCUT2D eigenvalue weighted by Crippen LogP contribution is -2.35. The monoisotopic (exact) mass is 523 g/mol. The van der Waals surface area contributed by atoms with Gasteiger partial charge in [-0.05, 0) is 71.2 Å². The summed E-state index contributed by atoms with van der Waals surface area (Å²) in [4.78, 5) is 20.3. The molecule has 2 amide bonds. The highest BCUT2D eigenvalue weighted by atomic mass is 16.2. The van der Waals surface area contributed by atoms with E-state index in [0.717, 1.165) is 33.8 Å². The zero-order valence-electron chi connectivity index (χ0n) is 24.3. The van der Waals surface area contributed by atoms with E-state index < -0.39 is 0 Å². The first-order valence-electron chi connectivity index (χ1n) is 13.9. The summed E-state index contributed by atoms with van der Waals surface area (Å²) >= 11 is 0. The number of aromatic nitrogens is 3. The minimum atomic E-state index is -0.157. The number of urea groups is 1. The van der Waals surface area contributed by atoms with E-state index >= 15 is 0 Å². The van der Waals surface area contributed by atoms with Gasteiger partial charge in [-0.1, -0.05) is 71.9 Å². The van der Waals surface area contributed by atoms with Crippen molar-refractivity contribution in [3.8, 4) is 0 Å². The smallest absolute Gasteiger partial charge is 0.307 e. The second kappa shape index (κ2) is 12.3. The van der Waals surface area contributed by atoms with E-state index in [1.165, 1.54) is 11.1 Å². The number of rotatable bonds is 9. The molecule has 0 unspecified atom stereocenters. The molecule has 6 heteroatoms. The Balaban J connectivity index is 1.65. The highest BCUT2D eigenvalue weighted by Crippen LogP contribution is 2.33. The number of pyridine rings is 1. The summed E-state index contributed by atoms with van der Waals surface area (Å²) in [5.41, 5.74) is 8.36. The standard InChI is InChI=1S/C33H41N5O/c1-22(2)27-11-13-29(14-12-27)38(20-26-18-35-37(19-26)21-28-17-25(7)15-16-34-28)33(39)36-32-30(23(3)4)9-8-10-31(32)24(5)6/h8-19,22-24H,20-21H2,1-7H3,(H,36,39). The van der Waals surface area contributed by atoms with Gasteiger partial charge in [0.25, 0.3) is 0 Å². The molecule has 1 N–H and O–H groups in total. The van der Waals surface area contributed by atoms with Crippen LogP contribution in [0.2, 0.25) is 0 Å². The van der Waals surface area contributed by atoms with E-state index in [0.29, 0.717) is 19.0 Å². The number of anilines is 2. The summed E-state index contributed by atoms with van der Waals surface area (Å²) in [5.74, 6) is 0.985. The molecule has 0 aliphatic carbocycles. The topological polar surface area (TPSA) is 63.1 Å². The molecule has 4 aromatic rings. The number of amides is 2. The molecule has 0 saturated heterocycles. The fraction of sp³-hybridized carbons (Fsp3) is 0.364. The molecule has 0 saturated carbocycles. The Bertz CT molecular complexity index is 1380. The van der Waals surface area contributed by atoms with Gasteiger partial charge in [-0.15, -0.1) is 0 Å². The minimum Gasteiger partial charge on any atom is -0.307 e. The fourth-order valence-corrected chi connectivity index (χ4v) is 4.80. The summed E-state index contributed by atoms with van der Waals surface area (Å²) in [5, 5.41) is 7.86. The number of nitrogens with one attached hydrogen (secondary N) is 1.